The first-order valence-corrected chi connectivity index (χ1v) is 10.9. The number of Topliss-reactive ketones (excluding diaryl/α,β-unsaturated/α-hetero) is 1. The summed E-state index contributed by atoms with van der Waals surface area (Å²) in [5.41, 5.74) is 12.8. The van der Waals surface area contributed by atoms with Crippen molar-refractivity contribution in [2.24, 2.45) is 11.1 Å². The number of fused-ring (bicyclic) bond motifs is 1. The van der Waals surface area contributed by atoms with E-state index >= 15 is 0 Å². The number of carbonyl (C=O) groups excluding carboxylic acids is 2. The van der Waals surface area contributed by atoms with Crippen molar-refractivity contribution in [3.05, 3.63) is 35.0 Å². The molecule has 4 rings (SSSR count). The molecular weight excluding hydrogens is 380 g/mol. The highest BCUT2D eigenvalue weighted by atomic mass is 16.3. The van der Waals surface area contributed by atoms with Crippen LogP contribution in [0.1, 0.15) is 69.7 Å². The van der Waals surface area contributed by atoms with E-state index in [0.29, 0.717) is 17.7 Å². The topological polar surface area (TPSA) is 108 Å². The quantitative estimate of drug-likeness (QED) is 0.592. The highest BCUT2D eigenvalue weighted by Gasteiger charge is 2.43. The molecule has 1 unspecified atom stereocenters. The van der Waals surface area contributed by atoms with E-state index in [1.54, 1.807) is 6.07 Å². The van der Waals surface area contributed by atoms with Crippen LogP contribution in [0.2, 0.25) is 0 Å². The van der Waals surface area contributed by atoms with Crippen molar-refractivity contribution in [3.8, 4) is 0 Å². The molecule has 7 nitrogen and oxygen atoms in total. The monoisotopic (exact) mass is 412 g/mol. The number of hydrogen-bond acceptors (Lipinski definition) is 6. The smallest absolute Gasteiger partial charge is 0.250 e. The van der Waals surface area contributed by atoms with Gasteiger partial charge < -0.3 is 16.2 Å². The number of nitrogens with zero attached hydrogens (tertiary/aromatic N) is 1. The maximum atomic E-state index is 12.9. The molecule has 0 spiro atoms. The van der Waals surface area contributed by atoms with Crippen molar-refractivity contribution in [3.63, 3.8) is 0 Å². The Morgan fingerprint density at radius 2 is 2.13 bits per heavy atom. The average molecular weight is 413 g/mol. The molecule has 3 atom stereocenters. The molecule has 2 saturated carbocycles. The van der Waals surface area contributed by atoms with E-state index < -0.39 is 12.0 Å². The summed E-state index contributed by atoms with van der Waals surface area (Å²) in [6.07, 6.45) is 4.30. The fourth-order valence-corrected chi connectivity index (χ4v) is 5.17. The Hall–Kier alpha value is -2.38. The lowest BCUT2D eigenvalue weighted by atomic mass is 9.72. The van der Waals surface area contributed by atoms with Crippen molar-refractivity contribution in [2.75, 3.05) is 10.3 Å². The van der Waals surface area contributed by atoms with Gasteiger partial charge in [-0.15, -0.1) is 0 Å². The second-order valence-electron chi connectivity index (χ2n) is 9.54. The number of hydrazine groups is 1. The third kappa shape index (κ3) is 3.72. The summed E-state index contributed by atoms with van der Waals surface area (Å²) in [7, 11) is 0. The van der Waals surface area contributed by atoms with E-state index in [0.717, 1.165) is 49.1 Å². The number of benzene rings is 1. The minimum atomic E-state index is -0.509. The number of primary amides is 1. The second kappa shape index (κ2) is 7.71. The molecule has 0 radical (unpaired) electrons. The molecule has 0 saturated heterocycles. The van der Waals surface area contributed by atoms with Crippen molar-refractivity contribution in [1.82, 2.24) is 5.43 Å². The minimum absolute atomic E-state index is 0.0000745. The Bertz CT molecular complexity index is 908. The van der Waals surface area contributed by atoms with Crippen LogP contribution < -0.4 is 21.5 Å². The van der Waals surface area contributed by atoms with Gasteiger partial charge in [0, 0.05) is 23.4 Å². The number of hydrogen-bond donors (Lipinski definition) is 4. The van der Waals surface area contributed by atoms with Crippen LogP contribution >= 0.6 is 0 Å². The number of aliphatic hydroxyl groups excluding tert-OH is 1. The lowest BCUT2D eigenvalue weighted by Gasteiger charge is -2.33. The molecule has 1 amide bonds. The molecule has 30 heavy (non-hydrogen) atoms. The molecule has 3 aliphatic rings. The molecule has 1 aliphatic heterocycles. The Morgan fingerprint density at radius 3 is 2.77 bits per heavy atom. The minimum Gasteiger partial charge on any atom is -0.391 e. The van der Waals surface area contributed by atoms with E-state index in [2.05, 4.69) is 31.5 Å². The predicted molar refractivity (Wildman–Crippen MR) is 117 cm³/mol. The summed E-state index contributed by atoms with van der Waals surface area (Å²) >= 11 is 0. The van der Waals surface area contributed by atoms with Gasteiger partial charge in [0.2, 0.25) is 0 Å². The summed E-state index contributed by atoms with van der Waals surface area (Å²) in [5.74, 6) is -0.296. The number of nitrogens with one attached hydrogen (secondary N) is 2. The van der Waals surface area contributed by atoms with Gasteiger partial charge in [0.1, 0.15) is 0 Å². The van der Waals surface area contributed by atoms with E-state index in [1.807, 2.05) is 17.1 Å². The standard InChI is InChI=1S/C23H32N4O3/c1-4-18-21-17(11-23(2,3)12-20(21)29)26-27(18)13-8-9-14(22(24)30)16(10-13)25-15-6-5-7-19(15)28/h8-10,15,17,19,25-26,28H,4-7,11-12H2,1-3H3,(H2,24,30)/t15-,17?,19-/m0/s1. The number of aliphatic hydroxyl groups is 1. The zero-order valence-electron chi connectivity index (χ0n) is 18.0. The molecule has 2 aliphatic carbocycles. The van der Waals surface area contributed by atoms with Gasteiger partial charge in [-0.3, -0.25) is 14.6 Å². The summed E-state index contributed by atoms with van der Waals surface area (Å²) < 4.78 is 0. The number of allylic oxidation sites excluding steroid dienone is 1. The van der Waals surface area contributed by atoms with Crippen LogP contribution in [0.5, 0.6) is 0 Å². The first-order valence-electron chi connectivity index (χ1n) is 10.9. The molecule has 2 fully saturated rings. The molecule has 1 heterocycles. The molecule has 5 N–H and O–H groups in total. The van der Waals surface area contributed by atoms with Crippen molar-refractivity contribution >= 4 is 23.1 Å². The van der Waals surface area contributed by atoms with Crippen LogP contribution in [0.15, 0.2) is 29.5 Å². The zero-order valence-corrected chi connectivity index (χ0v) is 18.0. The van der Waals surface area contributed by atoms with Crippen LogP contribution in [-0.2, 0) is 4.79 Å². The lowest BCUT2D eigenvalue weighted by molar-refractivity contribution is -0.119. The van der Waals surface area contributed by atoms with Gasteiger partial charge in [0.25, 0.3) is 5.91 Å². The molecule has 1 aromatic rings. The van der Waals surface area contributed by atoms with Crippen LogP contribution in [0.3, 0.4) is 0 Å². The van der Waals surface area contributed by atoms with Gasteiger partial charge in [-0.1, -0.05) is 20.8 Å². The van der Waals surface area contributed by atoms with Crippen LogP contribution in [0.25, 0.3) is 0 Å². The molecule has 7 heteroatoms. The fraction of sp³-hybridized carbons (Fsp3) is 0.565. The van der Waals surface area contributed by atoms with Gasteiger partial charge in [-0.2, -0.15) is 0 Å². The van der Waals surface area contributed by atoms with E-state index in [4.69, 9.17) is 5.73 Å². The third-order valence-corrected chi connectivity index (χ3v) is 6.59. The van der Waals surface area contributed by atoms with Crippen LogP contribution in [0, 0.1) is 5.41 Å². The first kappa shape index (κ1) is 20.9. The van der Waals surface area contributed by atoms with Gasteiger partial charge in [-0.05, 0) is 55.7 Å². The maximum absolute atomic E-state index is 12.9. The first-order chi connectivity index (χ1) is 14.2. The van der Waals surface area contributed by atoms with Gasteiger partial charge >= 0.3 is 0 Å². The normalized spacial score (nSPS) is 28.1. The highest BCUT2D eigenvalue weighted by Crippen LogP contribution is 2.42. The molecule has 162 valence electrons. The van der Waals surface area contributed by atoms with Crippen molar-refractivity contribution < 1.29 is 14.7 Å². The summed E-state index contributed by atoms with van der Waals surface area (Å²) in [4.78, 5) is 24.9. The Kier molecular flexibility index (Phi) is 5.36. The Morgan fingerprint density at radius 1 is 1.37 bits per heavy atom. The van der Waals surface area contributed by atoms with Crippen LogP contribution in [0.4, 0.5) is 11.4 Å². The molecular formula is C23H32N4O3. The number of nitrogens with two attached hydrogens (primary N) is 1. The molecule has 0 aromatic heterocycles. The van der Waals surface area contributed by atoms with Gasteiger partial charge in [0.05, 0.1) is 29.4 Å². The van der Waals surface area contributed by atoms with Gasteiger partial charge in [0.15, 0.2) is 5.78 Å². The highest BCUT2D eigenvalue weighted by molar-refractivity contribution is 6.01. The summed E-state index contributed by atoms with van der Waals surface area (Å²) in [6, 6.07) is 5.36. The second-order valence-corrected chi connectivity index (χ2v) is 9.54. The number of amides is 1. The number of ketones is 1. The summed E-state index contributed by atoms with van der Waals surface area (Å²) in [5, 5.41) is 15.5. The SMILES string of the molecule is CCC1=C2C(=O)CC(C)(C)CC2NN1c1ccc(C(N)=O)c(N[C@H]2CCC[C@@H]2O)c1. The Balaban J connectivity index is 1.69. The maximum Gasteiger partial charge on any atom is 0.250 e. The molecule has 0 bridgehead atoms. The fourth-order valence-electron chi connectivity index (χ4n) is 5.17. The van der Waals surface area contributed by atoms with Crippen LogP contribution in [-0.4, -0.2) is 35.0 Å². The number of rotatable bonds is 5. The third-order valence-electron chi connectivity index (χ3n) is 6.59. The van der Waals surface area contributed by atoms with Crippen molar-refractivity contribution in [1.29, 1.82) is 0 Å². The lowest BCUT2D eigenvalue weighted by Crippen LogP contribution is -2.43. The van der Waals surface area contributed by atoms with Crippen molar-refractivity contribution in [2.45, 2.75) is 77.5 Å². The summed E-state index contributed by atoms with van der Waals surface area (Å²) in [6.45, 7) is 6.32. The zero-order chi connectivity index (χ0) is 21.6. The van der Waals surface area contributed by atoms with Gasteiger partial charge in [-0.25, -0.2) is 5.43 Å². The average Bonchev–Trinajstić information content (AvgIpc) is 3.23. The van der Waals surface area contributed by atoms with E-state index in [-0.39, 0.29) is 23.3 Å². The number of carbonyl (C=O) groups is 2. The Labute approximate surface area is 177 Å². The molecule has 1 aromatic carbocycles. The predicted octanol–water partition coefficient (Wildman–Crippen LogP) is 2.86. The number of anilines is 2. The largest absolute Gasteiger partial charge is 0.391 e. The van der Waals surface area contributed by atoms with E-state index in [9.17, 15) is 14.7 Å². The van der Waals surface area contributed by atoms with E-state index in [1.165, 1.54) is 0 Å².